The lowest BCUT2D eigenvalue weighted by Gasteiger charge is -2.38. The lowest BCUT2D eigenvalue weighted by Crippen LogP contribution is -2.49. The van der Waals surface area contributed by atoms with E-state index >= 15 is 0 Å². The van der Waals surface area contributed by atoms with Gasteiger partial charge in [-0.25, -0.2) is 0 Å². The summed E-state index contributed by atoms with van der Waals surface area (Å²) < 4.78 is 0. The molecule has 1 saturated heterocycles. The van der Waals surface area contributed by atoms with Crippen LogP contribution >= 0.6 is 0 Å². The number of hydrogen-bond donors (Lipinski definition) is 1. The van der Waals surface area contributed by atoms with Gasteiger partial charge in [-0.1, -0.05) is 26.7 Å². The highest BCUT2D eigenvalue weighted by Gasteiger charge is 2.50. The molecule has 18 heavy (non-hydrogen) atoms. The summed E-state index contributed by atoms with van der Waals surface area (Å²) in [6, 6.07) is 0.580. The number of fused-ring (bicyclic) bond motifs is 2. The van der Waals surface area contributed by atoms with Gasteiger partial charge in [0.05, 0.1) is 0 Å². The fraction of sp³-hybridized carbons (Fsp3) is 0.933. The number of carbonyl (C=O) groups excluding carboxylic acids is 1. The Morgan fingerprint density at radius 1 is 1.17 bits per heavy atom. The molecule has 3 atom stereocenters. The predicted molar refractivity (Wildman–Crippen MR) is 71.9 cm³/mol. The van der Waals surface area contributed by atoms with E-state index in [1.165, 1.54) is 32.1 Å². The Morgan fingerprint density at radius 3 is 2.33 bits per heavy atom. The molecule has 0 aromatic heterocycles. The largest absolute Gasteiger partial charge is 0.337 e. The molecule has 0 aromatic rings. The van der Waals surface area contributed by atoms with Crippen LogP contribution in [0.15, 0.2) is 0 Å². The first-order chi connectivity index (χ1) is 8.51. The van der Waals surface area contributed by atoms with Crippen LogP contribution in [0.2, 0.25) is 0 Å². The molecule has 3 rings (SSSR count). The van der Waals surface area contributed by atoms with Gasteiger partial charge in [0, 0.05) is 24.0 Å². The van der Waals surface area contributed by atoms with E-state index in [9.17, 15) is 4.79 Å². The van der Waals surface area contributed by atoms with Crippen LogP contribution in [0.3, 0.4) is 0 Å². The summed E-state index contributed by atoms with van der Waals surface area (Å²) in [5, 5.41) is 0. The maximum atomic E-state index is 12.9. The average molecular weight is 250 g/mol. The van der Waals surface area contributed by atoms with Crippen LogP contribution in [0.25, 0.3) is 0 Å². The molecule has 2 aliphatic carbocycles. The van der Waals surface area contributed by atoms with Crippen LogP contribution in [0, 0.1) is 17.3 Å². The van der Waals surface area contributed by atoms with Gasteiger partial charge in [0.1, 0.15) is 0 Å². The predicted octanol–water partition coefficient (Wildman–Crippen LogP) is 2.15. The van der Waals surface area contributed by atoms with Gasteiger partial charge in [0.25, 0.3) is 0 Å². The summed E-state index contributed by atoms with van der Waals surface area (Å²) in [6.07, 6.45) is 7.40. The van der Waals surface area contributed by atoms with E-state index in [-0.39, 0.29) is 11.5 Å². The van der Waals surface area contributed by atoms with E-state index in [0.717, 1.165) is 13.0 Å². The SMILES string of the molecule is CC(C)(C(=O)N1CC2CCC1[C@@H]2N)C1CCCC1. The molecule has 3 fully saturated rings. The zero-order valence-electron chi connectivity index (χ0n) is 11.7. The van der Waals surface area contributed by atoms with Crippen molar-refractivity contribution in [1.29, 1.82) is 0 Å². The van der Waals surface area contributed by atoms with Crippen molar-refractivity contribution in [3.05, 3.63) is 0 Å². The number of piperidine rings is 1. The van der Waals surface area contributed by atoms with Gasteiger partial charge in [0.15, 0.2) is 0 Å². The minimum atomic E-state index is -0.180. The van der Waals surface area contributed by atoms with Crippen molar-refractivity contribution in [3.63, 3.8) is 0 Å². The third kappa shape index (κ3) is 1.70. The van der Waals surface area contributed by atoms with Gasteiger partial charge in [-0.3, -0.25) is 4.79 Å². The van der Waals surface area contributed by atoms with Crippen LogP contribution in [-0.2, 0) is 4.79 Å². The number of carbonyl (C=O) groups is 1. The van der Waals surface area contributed by atoms with Crippen molar-refractivity contribution in [2.24, 2.45) is 23.0 Å². The van der Waals surface area contributed by atoms with Gasteiger partial charge < -0.3 is 10.6 Å². The summed E-state index contributed by atoms with van der Waals surface area (Å²) >= 11 is 0. The van der Waals surface area contributed by atoms with Crippen molar-refractivity contribution in [1.82, 2.24) is 4.90 Å². The minimum absolute atomic E-state index is 0.180. The standard InChI is InChI=1S/C15H26N2O/c1-15(2,11-5-3-4-6-11)14(18)17-9-10-7-8-12(17)13(10)16/h10-13H,3-9,16H2,1-2H3/t10?,12?,13-/m1/s1. The molecule has 102 valence electrons. The Labute approximate surface area is 110 Å². The second-order valence-electron chi connectivity index (χ2n) is 7.14. The van der Waals surface area contributed by atoms with E-state index in [4.69, 9.17) is 5.73 Å². The number of amides is 1. The molecule has 0 radical (unpaired) electrons. The molecule has 2 saturated carbocycles. The fourth-order valence-electron chi connectivity index (χ4n) is 4.47. The molecule has 0 spiro atoms. The Hall–Kier alpha value is -0.570. The number of likely N-dealkylation sites (tertiary alicyclic amines) is 1. The van der Waals surface area contributed by atoms with Crippen molar-refractivity contribution in [2.45, 2.75) is 64.5 Å². The van der Waals surface area contributed by atoms with Gasteiger partial charge in [-0.15, -0.1) is 0 Å². The number of hydrogen-bond acceptors (Lipinski definition) is 2. The molecule has 2 unspecified atom stereocenters. The minimum Gasteiger partial charge on any atom is -0.337 e. The highest BCUT2D eigenvalue weighted by Crippen LogP contribution is 2.44. The summed E-state index contributed by atoms with van der Waals surface area (Å²) in [5.74, 6) is 1.52. The molecule has 1 heterocycles. The van der Waals surface area contributed by atoms with Crippen molar-refractivity contribution < 1.29 is 4.79 Å². The second-order valence-corrected chi connectivity index (χ2v) is 7.14. The lowest BCUT2D eigenvalue weighted by atomic mass is 9.76. The number of nitrogens with zero attached hydrogens (tertiary/aromatic N) is 1. The first kappa shape index (κ1) is 12.5. The van der Waals surface area contributed by atoms with Crippen molar-refractivity contribution in [3.8, 4) is 0 Å². The van der Waals surface area contributed by atoms with E-state index < -0.39 is 0 Å². The van der Waals surface area contributed by atoms with E-state index in [1.54, 1.807) is 0 Å². The van der Waals surface area contributed by atoms with Crippen LogP contribution in [0.5, 0.6) is 0 Å². The average Bonchev–Trinajstić information content (AvgIpc) is 3.05. The molecule has 2 N–H and O–H groups in total. The van der Waals surface area contributed by atoms with Crippen LogP contribution in [0.1, 0.15) is 52.4 Å². The molecular formula is C15H26N2O. The molecule has 3 heteroatoms. The Bertz CT molecular complexity index is 346. The van der Waals surface area contributed by atoms with Gasteiger partial charge in [0.2, 0.25) is 5.91 Å². The zero-order chi connectivity index (χ0) is 12.9. The molecular weight excluding hydrogens is 224 g/mol. The smallest absolute Gasteiger partial charge is 0.228 e. The maximum Gasteiger partial charge on any atom is 0.228 e. The molecule has 3 nitrogen and oxygen atoms in total. The zero-order valence-corrected chi connectivity index (χ0v) is 11.7. The van der Waals surface area contributed by atoms with E-state index in [0.29, 0.717) is 23.8 Å². The third-order valence-corrected chi connectivity index (χ3v) is 5.84. The highest BCUT2D eigenvalue weighted by molar-refractivity contribution is 5.83. The Morgan fingerprint density at radius 2 is 1.83 bits per heavy atom. The van der Waals surface area contributed by atoms with Crippen molar-refractivity contribution >= 4 is 5.91 Å². The van der Waals surface area contributed by atoms with Crippen LogP contribution < -0.4 is 5.73 Å². The Balaban J connectivity index is 1.74. The second kappa shape index (κ2) is 4.22. The van der Waals surface area contributed by atoms with E-state index in [2.05, 4.69) is 18.7 Å². The van der Waals surface area contributed by atoms with Gasteiger partial charge in [-0.2, -0.15) is 0 Å². The van der Waals surface area contributed by atoms with E-state index in [1.807, 2.05) is 0 Å². The van der Waals surface area contributed by atoms with Gasteiger partial charge in [-0.05, 0) is 37.5 Å². The third-order valence-electron chi connectivity index (χ3n) is 5.84. The maximum absolute atomic E-state index is 12.9. The first-order valence-corrected chi connectivity index (χ1v) is 7.58. The van der Waals surface area contributed by atoms with Crippen molar-refractivity contribution in [2.75, 3.05) is 6.54 Å². The molecule has 1 aliphatic heterocycles. The van der Waals surface area contributed by atoms with Gasteiger partial charge >= 0.3 is 0 Å². The lowest BCUT2D eigenvalue weighted by molar-refractivity contribution is -0.145. The summed E-state index contributed by atoms with van der Waals surface area (Å²) in [4.78, 5) is 15.0. The summed E-state index contributed by atoms with van der Waals surface area (Å²) in [7, 11) is 0. The monoisotopic (exact) mass is 250 g/mol. The molecule has 3 aliphatic rings. The molecule has 1 amide bonds. The summed E-state index contributed by atoms with van der Waals surface area (Å²) in [6.45, 7) is 5.23. The normalized spacial score (nSPS) is 36.6. The fourth-order valence-corrected chi connectivity index (χ4v) is 4.47. The number of nitrogens with two attached hydrogens (primary N) is 1. The molecule has 2 bridgehead atoms. The summed E-state index contributed by atoms with van der Waals surface area (Å²) in [5.41, 5.74) is 6.04. The number of rotatable bonds is 2. The van der Waals surface area contributed by atoms with Crippen LogP contribution in [-0.4, -0.2) is 29.4 Å². The first-order valence-electron chi connectivity index (χ1n) is 7.58. The topological polar surface area (TPSA) is 46.3 Å². The Kier molecular flexibility index (Phi) is 2.92. The highest BCUT2D eigenvalue weighted by atomic mass is 16.2. The molecule has 0 aromatic carbocycles. The van der Waals surface area contributed by atoms with Crippen LogP contribution in [0.4, 0.5) is 0 Å². The quantitative estimate of drug-likeness (QED) is 0.816.